The van der Waals surface area contributed by atoms with E-state index < -0.39 is 0 Å². The number of aldehydes is 1. The van der Waals surface area contributed by atoms with Crippen LogP contribution < -0.4 is 0 Å². The lowest BCUT2D eigenvalue weighted by Crippen LogP contribution is -2.36. The predicted octanol–water partition coefficient (Wildman–Crippen LogP) is 1.41. The van der Waals surface area contributed by atoms with Crippen molar-refractivity contribution in [3.05, 3.63) is 0 Å². The van der Waals surface area contributed by atoms with Crippen molar-refractivity contribution >= 4 is 6.29 Å². The molecule has 0 spiro atoms. The van der Waals surface area contributed by atoms with E-state index in [0.29, 0.717) is 5.92 Å². The van der Waals surface area contributed by atoms with E-state index in [0.717, 1.165) is 45.4 Å². The van der Waals surface area contributed by atoms with Crippen LogP contribution in [0.5, 0.6) is 0 Å². The Kier molecular flexibility index (Phi) is 3.54. The van der Waals surface area contributed by atoms with Crippen molar-refractivity contribution in [3.8, 4) is 0 Å². The van der Waals surface area contributed by atoms with Gasteiger partial charge in [0, 0.05) is 25.0 Å². The van der Waals surface area contributed by atoms with Crippen LogP contribution in [0.2, 0.25) is 0 Å². The van der Waals surface area contributed by atoms with Crippen molar-refractivity contribution in [1.82, 2.24) is 0 Å². The zero-order valence-electron chi connectivity index (χ0n) is 8.48. The van der Waals surface area contributed by atoms with Crippen LogP contribution in [-0.4, -0.2) is 32.2 Å². The maximum atomic E-state index is 10.7. The summed E-state index contributed by atoms with van der Waals surface area (Å²) in [4.78, 5) is 10.7. The van der Waals surface area contributed by atoms with Crippen LogP contribution in [0.1, 0.15) is 25.7 Å². The standard InChI is InChI=1S/C11H18O3/c12-7-9-3-5-14-11(6-9)10-2-1-4-13-8-10/h7,9-11H,1-6,8H2. The molecule has 0 aromatic rings. The Bertz CT molecular complexity index is 187. The van der Waals surface area contributed by atoms with Gasteiger partial charge in [-0.15, -0.1) is 0 Å². The number of rotatable bonds is 2. The highest BCUT2D eigenvalue weighted by atomic mass is 16.5. The third-order valence-corrected chi connectivity index (χ3v) is 3.27. The maximum Gasteiger partial charge on any atom is 0.123 e. The van der Waals surface area contributed by atoms with E-state index in [2.05, 4.69) is 0 Å². The number of carbonyl (C=O) groups excluding carboxylic acids is 1. The third kappa shape index (κ3) is 2.34. The fraction of sp³-hybridized carbons (Fsp3) is 0.909. The monoisotopic (exact) mass is 198 g/mol. The maximum absolute atomic E-state index is 10.7. The second-order valence-corrected chi connectivity index (χ2v) is 4.31. The van der Waals surface area contributed by atoms with Gasteiger partial charge in [-0.1, -0.05) is 0 Å². The second kappa shape index (κ2) is 4.89. The molecule has 80 valence electrons. The second-order valence-electron chi connectivity index (χ2n) is 4.31. The molecule has 2 aliphatic rings. The smallest absolute Gasteiger partial charge is 0.123 e. The van der Waals surface area contributed by atoms with E-state index in [9.17, 15) is 4.79 Å². The van der Waals surface area contributed by atoms with Gasteiger partial charge in [0.1, 0.15) is 6.29 Å². The van der Waals surface area contributed by atoms with Crippen LogP contribution in [0.15, 0.2) is 0 Å². The van der Waals surface area contributed by atoms with Crippen molar-refractivity contribution in [2.75, 3.05) is 19.8 Å². The SMILES string of the molecule is O=CC1CCOC(C2CCCOC2)C1. The van der Waals surface area contributed by atoms with Crippen LogP contribution >= 0.6 is 0 Å². The Labute approximate surface area is 84.8 Å². The van der Waals surface area contributed by atoms with Crippen LogP contribution in [0.25, 0.3) is 0 Å². The summed E-state index contributed by atoms with van der Waals surface area (Å²) in [5.41, 5.74) is 0. The molecule has 2 fully saturated rings. The van der Waals surface area contributed by atoms with Crippen molar-refractivity contribution in [2.45, 2.75) is 31.8 Å². The van der Waals surface area contributed by atoms with Gasteiger partial charge in [-0.05, 0) is 25.7 Å². The minimum atomic E-state index is 0.218. The number of carbonyl (C=O) groups is 1. The molecule has 0 aromatic carbocycles. The lowest BCUT2D eigenvalue weighted by molar-refractivity contribution is -0.120. The zero-order chi connectivity index (χ0) is 9.80. The summed E-state index contributed by atoms with van der Waals surface area (Å²) < 4.78 is 11.1. The highest BCUT2D eigenvalue weighted by Crippen LogP contribution is 2.28. The summed E-state index contributed by atoms with van der Waals surface area (Å²) in [7, 11) is 0. The van der Waals surface area contributed by atoms with Crippen molar-refractivity contribution in [2.24, 2.45) is 11.8 Å². The average molecular weight is 198 g/mol. The van der Waals surface area contributed by atoms with Crippen LogP contribution in [-0.2, 0) is 14.3 Å². The van der Waals surface area contributed by atoms with Crippen molar-refractivity contribution < 1.29 is 14.3 Å². The van der Waals surface area contributed by atoms with E-state index >= 15 is 0 Å². The molecule has 0 amide bonds. The molecule has 2 aliphatic heterocycles. The molecular formula is C11H18O3. The largest absolute Gasteiger partial charge is 0.381 e. The Morgan fingerprint density at radius 2 is 2.14 bits per heavy atom. The van der Waals surface area contributed by atoms with Gasteiger partial charge in [0.05, 0.1) is 12.7 Å². The van der Waals surface area contributed by atoms with E-state index in [1.54, 1.807) is 0 Å². The summed E-state index contributed by atoms with van der Waals surface area (Å²) in [6.45, 7) is 2.45. The molecule has 2 rings (SSSR count). The average Bonchev–Trinajstić information content (AvgIpc) is 2.30. The number of ether oxygens (including phenoxy) is 2. The Balaban J connectivity index is 1.86. The van der Waals surface area contributed by atoms with Gasteiger partial charge < -0.3 is 14.3 Å². The van der Waals surface area contributed by atoms with Gasteiger partial charge >= 0.3 is 0 Å². The third-order valence-electron chi connectivity index (χ3n) is 3.27. The molecule has 0 N–H and O–H groups in total. The summed E-state index contributed by atoms with van der Waals surface area (Å²) in [5, 5.41) is 0. The molecule has 0 aromatic heterocycles. The zero-order valence-corrected chi connectivity index (χ0v) is 8.48. The highest BCUT2D eigenvalue weighted by Gasteiger charge is 2.30. The van der Waals surface area contributed by atoms with Crippen LogP contribution in [0.4, 0.5) is 0 Å². The van der Waals surface area contributed by atoms with Gasteiger partial charge in [-0.2, -0.15) is 0 Å². The van der Waals surface area contributed by atoms with Gasteiger partial charge in [0.2, 0.25) is 0 Å². The summed E-state index contributed by atoms with van der Waals surface area (Å²) in [5.74, 6) is 0.738. The molecule has 0 aliphatic carbocycles. The molecule has 2 saturated heterocycles. The van der Waals surface area contributed by atoms with Gasteiger partial charge in [-0.3, -0.25) is 0 Å². The van der Waals surface area contributed by atoms with E-state index in [-0.39, 0.29) is 12.0 Å². The van der Waals surface area contributed by atoms with Gasteiger partial charge in [0.15, 0.2) is 0 Å². The van der Waals surface area contributed by atoms with Gasteiger partial charge in [0.25, 0.3) is 0 Å². The number of hydrogen-bond acceptors (Lipinski definition) is 3. The van der Waals surface area contributed by atoms with E-state index in [1.807, 2.05) is 0 Å². The lowest BCUT2D eigenvalue weighted by Gasteiger charge is -2.34. The Morgan fingerprint density at radius 1 is 1.21 bits per heavy atom. The molecule has 3 heteroatoms. The molecule has 14 heavy (non-hydrogen) atoms. The van der Waals surface area contributed by atoms with Crippen LogP contribution in [0, 0.1) is 11.8 Å². The molecule has 0 radical (unpaired) electrons. The summed E-state index contributed by atoms with van der Waals surface area (Å²) in [6, 6.07) is 0. The fourth-order valence-electron chi connectivity index (χ4n) is 2.37. The summed E-state index contributed by atoms with van der Waals surface area (Å²) in [6.07, 6.45) is 5.47. The molecule has 0 bridgehead atoms. The first-order chi connectivity index (χ1) is 6.90. The highest BCUT2D eigenvalue weighted by molar-refractivity contribution is 5.53. The van der Waals surface area contributed by atoms with Crippen LogP contribution in [0.3, 0.4) is 0 Å². The first-order valence-electron chi connectivity index (χ1n) is 5.55. The molecule has 2 heterocycles. The van der Waals surface area contributed by atoms with Gasteiger partial charge in [-0.25, -0.2) is 0 Å². The van der Waals surface area contributed by atoms with Crippen molar-refractivity contribution in [3.63, 3.8) is 0 Å². The first kappa shape index (κ1) is 10.1. The van der Waals surface area contributed by atoms with E-state index in [1.165, 1.54) is 6.42 Å². The minimum absolute atomic E-state index is 0.218. The Hall–Kier alpha value is -0.410. The Morgan fingerprint density at radius 3 is 2.86 bits per heavy atom. The molecule has 0 saturated carbocycles. The van der Waals surface area contributed by atoms with Crippen molar-refractivity contribution in [1.29, 1.82) is 0 Å². The fourth-order valence-corrected chi connectivity index (χ4v) is 2.37. The quantitative estimate of drug-likeness (QED) is 0.629. The lowest BCUT2D eigenvalue weighted by atomic mass is 9.87. The first-order valence-corrected chi connectivity index (χ1v) is 5.55. The number of hydrogen-bond donors (Lipinski definition) is 0. The normalized spacial score (nSPS) is 39.3. The topological polar surface area (TPSA) is 35.5 Å². The molecule has 3 unspecified atom stereocenters. The summed E-state index contributed by atoms with van der Waals surface area (Å²) >= 11 is 0. The molecular weight excluding hydrogens is 180 g/mol. The predicted molar refractivity (Wildman–Crippen MR) is 52.1 cm³/mol. The van der Waals surface area contributed by atoms with E-state index in [4.69, 9.17) is 9.47 Å². The minimum Gasteiger partial charge on any atom is -0.381 e. The molecule has 3 atom stereocenters. The molecule has 3 nitrogen and oxygen atoms in total.